The van der Waals surface area contributed by atoms with Gasteiger partial charge in [-0.2, -0.15) is 16.8 Å². The molecule has 1 aliphatic heterocycles. The molecule has 0 unspecified atom stereocenters. The Bertz CT molecular complexity index is 413. The molecule has 0 amide bonds. The van der Waals surface area contributed by atoms with E-state index in [9.17, 15) is 16.8 Å². The van der Waals surface area contributed by atoms with Gasteiger partial charge in [0.1, 0.15) is 6.10 Å². The molecular formula is C8H19NO6S2. The molecule has 1 aliphatic rings. The zero-order valence-electron chi connectivity index (χ0n) is 10.3. The van der Waals surface area contributed by atoms with Gasteiger partial charge in [-0.25, -0.2) is 0 Å². The van der Waals surface area contributed by atoms with Crippen LogP contribution in [-0.2, 0) is 24.4 Å². The van der Waals surface area contributed by atoms with E-state index >= 15 is 0 Å². The minimum atomic E-state index is -3.67. The van der Waals surface area contributed by atoms with Gasteiger partial charge in [-0.3, -0.25) is 13.6 Å². The molecule has 1 heterocycles. The van der Waals surface area contributed by atoms with Crippen LogP contribution in [0.2, 0.25) is 0 Å². The van der Waals surface area contributed by atoms with Gasteiger partial charge in [0.25, 0.3) is 20.2 Å². The molecule has 0 atom stereocenters. The van der Waals surface area contributed by atoms with Gasteiger partial charge in [0.2, 0.25) is 0 Å². The van der Waals surface area contributed by atoms with Gasteiger partial charge in [-0.05, 0) is 13.8 Å². The third kappa shape index (κ3) is 10.6. The molecule has 9 heteroatoms. The van der Waals surface area contributed by atoms with Gasteiger partial charge in [0, 0.05) is 19.1 Å². The van der Waals surface area contributed by atoms with Crippen molar-refractivity contribution in [2.24, 2.45) is 0 Å². The van der Waals surface area contributed by atoms with Gasteiger partial charge >= 0.3 is 0 Å². The topological polar surface area (TPSA) is 101 Å². The summed E-state index contributed by atoms with van der Waals surface area (Å²) in [5, 5.41) is 0. The van der Waals surface area contributed by atoms with Crippen molar-refractivity contribution in [3.8, 4) is 0 Å². The summed E-state index contributed by atoms with van der Waals surface area (Å²) in [5.74, 6) is 0. The van der Waals surface area contributed by atoms with Crippen LogP contribution >= 0.6 is 0 Å². The average molecular weight is 289 g/mol. The Balaban J connectivity index is 0.000000437. The van der Waals surface area contributed by atoms with E-state index in [0.29, 0.717) is 12.3 Å². The highest BCUT2D eigenvalue weighted by molar-refractivity contribution is 7.86. The van der Waals surface area contributed by atoms with Gasteiger partial charge in [0.15, 0.2) is 0 Å². The van der Waals surface area contributed by atoms with Gasteiger partial charge in [0.05, 0.1) is 12.5 Å². The molecule has 0 spiro atoms. The Labute approximate surface area is 103 Å². The van der Waals surface area contributed by atoms with Crippen LogP contribution in [0.1, 0.15) is 13.8 Å². The lowest BCUT2D eigenvalue weighted by atomic mass is 10.1. The minimum absolute atomic E-state index is 0.123. The maximum absolute atomic E-state index is 10.7. The van der Waals surface area contributed by atoms with E-state index in [0.717, 1.165) is 19.3 Å². The summed E-state index contributed by atoms with van der Waals surface area (Å²) in [6.45, 7) is 5.61. The molecule has 0 aromatic rings. The van der Waals surface area contributed by atoms with Crippen LogP contribution in [-0.4, -0.2) is 64.0 Å². The maximum Gasteiger partial charge on any atom is 0.264 e. The predicted molar refractivity (Wildman–Crippen MR) is 63.9 cm³/mol. The van der Waals surface area contributed by atoms with Crippen LogP contribution in [0.4, 0.5) is 0 Å². The summed E-state index contributed by atoms with van der Waals surface area (Å²) in [4.78, 5) is 2.16. The highest BCUT2D eigenvalue weighted by atomic mass is 32.2. The first-order valence-electron chi connectivity index (χ1n) is 4.93. The van der Waals surface area contributed by atoms with Crippen molar-refractivity contribution >= 4 is 20.2 Å². The highest BCUT2D eigenvalue weighted by Crippen LogP contribution is 2.16. The van der Waals surface area contributed by atoms with Crippen LogP contribution in [0, 0.1) is 0 Å². The fourth-order valence-electron chi connectivity index (χ4n) is 1.20. The zero-order valence-corrected chi connectivity index (χ0v) is 12.0. The summed E-state index contributed by atoms with van der Waals surface area (Å²) in [5.41, 5.74) is 0. The largest absolute Gasteiger partial charge is 0.296 e. The molecule has 0 aromatic heterocycles. The van der Waals surface area contributed by atoms with Crippen LogP contribution in [0.3, 0.4) is 0 Å². The van der Waals surface area contributed by atoms with E-state index in [1.54, 1.807) is 0 Å². The van der Waals surface area contributed by atoms with Gasteiger partial charge in [-0.1, -0.05) is 0 Å². The minimum Gasteiger partial charge on any atom is -0.296 e. The summed E-state index contributed by atoms with van der Waals surface area (Å²) < 4.78 is 52.0. The third-order valence-corrected chi connectivity index (χ3v) is 2.54. The highest BCUT2D eigenvalue weighted by Gasteiger charge is 2.31. The zero-order chi connectivity index (χ0) is 13.9. The first-order chi connectivity index (χ1) is 7.38. The Morgan fingerprint density at radius 1 is 1.18 bits per heavy atom. The molecular weight excluding hydrogens is 270 g/mol. The molecule has 1 fully saturated rings. The van der Waals surface area contributed by atoms with Crippen molar-refractivity contribution in [3.05, 3.63) is 0 Å². The smallest absolute Gasteiger partial charge is 0.264 e. The fraction of sp³-hybridized carbons (Fsp3) is 1.00. The first kappa shape index (κ1) is 16.8. The second-order valence-electron chi connectivity index (χ2n) is 4.20. The Morgan fingerprint density at radius 3 is 1.76 bits per heavy atom. The number of rotatable bonds is 3. The molecule has 1 saturated heterocycles. The molecule has 0 aliphatic carbocycles. The average Bonchev–Trinajstić information content (AvgIpc) is 1.89. The first-order valence-corrected chi connectivity index (χ1v) is 8.59. The number of hydrogen-bond donors (Lipinski definition) is 1. The van der Waals surface area contributed by atoms with Crippen molar-refractivity contribution in [1.29, 1.82) is 0 Å². The molecule has 0 saturated carbocycles. The predicted octanol–water partition coefficient (Wildman–Crippen LogP) is -0.441. The molecule has 7 nitrogen and oxygen atoms in total. The second kappa shape index (κ2) is 6.10. The van der Waals surface area contributed by atoms with Crippen molar-refractivity contribution < 1.29 is 25.6 Å². The van der Waals surface area contributed by atoms with Crippen LogP contribution in [0.15, 0.2) is 0 Å². The quantitative estimate of drug-likeness (QED) is 0.555. The lowest BCUT2D eigenvalue weighted by Gasteiger charge is -2.40. The van der Waals surface area contributed by atoms with Gasteiger partial charge in [-0.15, -0.1) is 0 Å². The third-order valence-electron chi connectivity index (χ3n) is 1.92. The number of hydrogen-bond acceptors (Lipinski definition) is 6. The van der Waals surface area contributed by atoms with Crippen molar-refractivity contribution in [3.63, 3.8) is 0 Å². The normalized spacial score (nSPS) is 18.5. The molecule has 0 bridgehead atoms. The van der Waals surface area contributed by atoms with Gasteiger partial charge < -0.3 is 0 Å². The Morgan fingerprint density at radius 2 is 1.53 bits per heavy atom. The molecule has 17 heavy (non-hydrogen) atoms. The summed E-state index contributed by atoms with van der Waals surface area (Å²) in [6, 6.07) is 0.476. The maximum atomic E-state index is 10.7. The summed E-state index contributed by atoms with van der Waals surface area (Å²) >= 11 is 0. The molecule has 0 radical (unpaired) electrons. The molecule has 1 rings (SSSR count). The molecule has 0 aromatic carbocycles. The second-order valence-corrected chi connectivity index (χ2v) is 7.27. The Kier molecular flexibility index (Phi) is 6.02. The molecule has 104 valence electrons. The van der Waals surface area contributed by atoms with E-state index in [2.05, 4.69) is 18.7 Å². The number of nitrogens with zero attached hydrogens (tertiary/aromatic N) is 1. The summed E-state index contributed by atoms with van der Waals surface area (Å²) in [7, 11) is -6.93. The lowest BCUT2D eigenvalue weighted by molar-refractivity contribution is 0.00455. The molecule has 1 N–H and O–H groups in total. The van der Waals surface area contributed by atoms with E-state index in [1.807, 2.05) is 0 Å². The fourth-order valence-corrected chi connectivity index (χ4v) is 1.82. The van der Waals surface area contributed by atoms with Crippen LogP contribution < -0.4 is 0 Å². The van der Waals surface area contributed by atoms with Crippen LogP contribution in [0.25, 0.3) is 0 Å². The standard InChI is InChI=1S/C7H15NO3S.CH4O3S/c1-6(2)8-4-7(5-8)11-12(3,9)10;1-5(2,3)4/h6-7H,4-5H2,1-3H3;1H3,(H,2,3,4). The monoisotopic (exact) mass is 289 g/mol. The SMILES string of the molecule is CC(C)N1CC(OS(C)(=O)=O)C1.CS(=O)(=O)O. The Hall–Kier alpha value is -0.220. The van der Waals surface area contributed by atoms with Crippen molar-refractivity contribution in [1.82, 2.24) is 4.90 Å². The lowest BCUT2D eigenvalue weighted by Crippen LogP contribution is -2.55. The number of likely N-dealkylation sites (tertiary alicyclic amines) is 1. The summed E-state index contributed by atoms with van der Waals surface area (Å²) in [6.07, 6.45) is 1.68. The van der Waals surface area contributed by atoms with E-state index < -0.39 is 20.2 Å². The van der Waals surface area contributed by atoms with E-state index in [-0.39, 0.29) is 6.10 Å². The van der Waals surface area contributed by atoms with Crippen molar-refractivity contribution in [2.45, 2.75) is 26.0 Å². The van der Waals surface area contributed by atoms with E-state index in [1.165, 1.54) is 0 Å². The van der Waals surface area contributed by atoms with Crippen molar-refractivity contribution in [2.75, 3.05) is 25.6 Å². The van der Waals surface area contributed by atoms with Crippen LogP contribution in [0.5, 0.6) is 0 Å². The van der Waals surface area contributed by atoms with E-state index in [4.69, 9.17) is 8.74 Å².